The fraction of sp³-hybridized carbons (Fsp3) is 0.286. The standard InChI is InChI=1S/C14H13Br2NO4S/c1-8-3-5-10(6-4-8)22(19,20)21-17-11-7-9(2)14(18)13(16)12(11)15/h3-7,12-13H,1-2H3. The molecule has 0 aromatic heterocycles. The number of hydrogen-bond donors (Lipinski definition) is 0. The fourth-order valence-corrected chi connectivity index (χ4v) is 3.62. The molecular formula is C14H13Br2NO4S. The summed E-state index contributed by atoms with van der Waals surface area (Å²) >= 11 is 6.55. The van der Waals surface area contributed by atoms with Crippen molar-refractivity contribution in [2.24, 2.45) is 5.16 Å². The summed E-state index contributed by atoms with van der Waals surface area (Å²) in [5.74, 6) is -0.0813. The highest BCUT2D eigenvalue weighted by Crippen LogP contribution is 2.26. The second-order valence-corrected chi connectivity index (χ2v) is 8.35. The van der Waals surface area contributed by atoms with Gasteiger partial charge in [-0.2, -0.15) is 8.42 Å². The third kappa shape index (κ3) is 3.67. The van der Waals surface area contributed by atoms with E-state index in [2.05, 4.69) is 37.0 Å². The zero-order valence-corrected chi connectivity index (χ0v) is 15.8. The Hall–Kier alpha value is -0.990. The Labute approximate surface area is 145 Å². The van der Waals surface area contributed by atoms with Gasteiger partial charge in [-0.1, -0.05) is 54.7 Å². The quantitative estimate of drug-likeness (QED) is 0.523. The van der Waals surface area contributed by atoms with Gasteiger partial charge in [0, 0.05) is 0 Å². The number of rotatable bonds is 3. The molecule has 22 heavy (non-hydrogen) atoms. The minimum absolute atomic E-state index is 0.0246. The fourth-order valence-electron chi connectivity index (χ4n) is 1.79. The average molecular weight is 451 g/mol. The molecular weight excluding hydrogens is 438 g/mol. The second-order valence-electron chi connectivity index (χ2n) is 4.85. The Morgan fingerprint density at radius 3 is 2.27 bits per heavy atom. The van der Waals surface area contributed by atoms with Gasteiger partial charge in [0.1, 0.15) is 4.90 Å². The Kier molecular flexibility index (Phi) is 5.24. The number of carbonyl (C=O) groups is 1. The number of oxime groups is 1. The molecule has 0 saturated carbocycles. The molecule has 1 aromatic rings. The number of nitrogens with zero attached hydrogens (tertiary/aromatic N) is 1. The van der Waals surface area contributed by atoms with Crippen molar-refractivity contribution in [2.45, 2.75) is 28.4 Å². The van der Waals surface area contributed by atoms with Gasteiger partial charge in [-0.3, -0.25) is 9.08 Å². The SMILES string of the molecule is CC1=CC(=NOS(=O)(=O)c2ccc(C)cc2)C(Br)C(Br)C1=O. The minimum Gasteiger partial charge on any atom is -0.293 e. The predicted octanol–water partition coefficient (Wildman–Crippen LogP) is 3.11. The lowest BCUT2D eigenvalue weighted by molar-refractivity contribution is -0.114. The molecule has 2 unspecified atom stereocenters. The van der Waals surface area contributed by atoms with Gasteiger partial charge in [0.25, 0.3) is 0 Å². The van der Waals surface area contributed by atoms with E-state index in [1.54, 1.807) is 19.1 Å². The predicted molar refractivity (Wildman–Crippen MR) is 91.1 cm³/mol. The lowest BCUT2D eigenvalue weighted by Crippen LogP contribution is -2.35. The maximum Gasteiger partial charge on any atom is 0.358 e. The highest BCUT2D eigenvalue weighted by Gasteiger charge is 2.33. The van der Waals surface area contributed by atoms with E-state index in [1.165, 1.54) is 18.2 Å². The highest BCUT2D eigenvalue weighted by molar-refractivity contribution is 9.12. The summed E-state index contributed by atoms with van der Waals surface area (Å²) in [5, 5.41) is 3.69. The van der Waals surface area contributed by atoms with Gasteiger partial charge < -0.3 is 0 Å². The van der Waals surface area contributed by atoms with Crippen LogP contribution in [0.4, 0.5) is 0 Å². The van der Waals surface area contributed by atoms with E-state index in [9.17, 15) is 13.2 Å². The topological polar surface area (TPSA) is 72.8 Å². The first-order chi connectivity index (χ1) is 10.2. The zero-order chi connectivity index (χ0) is 16.5. The zero-order valence-electron chi connectivity index (χ0n) is 11.8. The van der Waals surface area contributed by atoms with Gasteiger partial charge in [-0.05, 0) is 37.6 Å². The van der Waals surface area contributed by atoms with Gasteiger partial charge in [0.2, 0.25) is 0 Å². The summed E-state index contributed by atoms with van der Waals surface area (Å²) in [6.07, 6.45) is 1.50. The van der Waals surface area contributed by atoms with E-state index < -0.39 is 19.8 Å². The lowest BCUT2D eigenvalue weighted by Gasteiger charge is -2.21. The molecule has 1 aromatic carbocycles. The van der Waals surface area contributed by atoms with Crippen LogP contribution in [-0.4, -0.2) is 29.6 Å². The van der Waals surface area contributed by atoms with Crippen LogP contribution < -0.4 is 0 Å². The van der Waals surface area contributed by atoms with Crippen molar-refractivity contribution in [2.75, 3.05) is 0 Å². The Morgan fingerprint density at radius 2 is 1.68 bits per heavy atom. The maximum atomic E-state index is 12.1. The number of benzene rings is 1. The lowest BCUT2D eigenvalue weighted by atomic mass is 9.98. The Bertz CT molecular complexity index is 754. The molecule has 2 atom stereocenters. The van der Waals surface area contributed by atoms with Crippen LogP contribution in [-0.2, 0) is 19.2 Å². The van der Waals surface area contributed by atoms with Gasteiger partial charge in [-0.15, -0.1) is 0 Å². The number of carbonyl (C=O) groups excluding carboxylic acids is 1. The normalized spacial score (nSPS) is 24.3. The third-order valence-corrected chi connectivity index (χ3v) is 6.87. The number of aryl methyl sites for hydroxylation is 1. The molecule has 0 radical (unpaired) electrons. The van der Waals surface area contributed by atoms with Crippen LogP contribution in [0, 0.1) is 6.92 Å². The summed E-state index contributed by atoms with van der Waals surface area (Å²) in [4.78, 5) is 10.8. The minimum atomic E-state index is -3.99. The average Bonchev–Trinajstić information content (AvgIpc) is 2.48. The van der Waals surface area contributed by atoms with E-state index in [0.717, 1.165) is 5.56 Å². The van der Waals surface area contributed by atoms with Crippen molar-refractivity contribution in [1.82, 2.24) is 0 Å². The van der Waals surface area contributed by atoms with Gasteiger partial charge in [-0.25, -0.2) is 0 Å². The molecule has 1 aliphatic carbocycles. The van der Waals surface area contributed by atoms with Crippen molar-refractivity contribution in [3.8, 4) is 0 Å². The molecule has 5 nitrogen and oxygen atoms in total. The van der Waals surface area contributed by atoms with E-state index in [0.29, 0.717) is 11.3 Å². The van der Waals surface area contributed by atoms with E-state index in [-0.39, 0.29) is 10.7 Å². The monoisotopic (exact) mass is 449 g/mol. The van der Waals surface area contributed by atoms with Crippen molar-refractivity contribution in [3.63, 3.8) is 0 Å². The van der Waals surface area contributed by atoms with Crippen LogP contribution in [0.2, 0.25) is 0 Å². The van der Waals surface area contributed by atoms with Crippen molar-refractivity contribution in [1.29, 1.82) is 0 Å². The number of hydrogen-bond acceptors (Lipinski definition) is 5. The Balaban J connectivity index is 2.27. The number of halogens is 2. The molecule has 8 heteroatoms. The third-order valence-electron chi connectivity index (χ3n) is 3.09. The molecule has 0 fully saturated rings. The molecule has 0 spiro atoms. The van der Waals surface area contributed by atoms with E-state index >= 15 is 0 Å². The van der Waals surface area contributed by atoms with Gasteiger partial charge in [0.15, 0.2) is 5.78 Å². The number of ketones is 1. The molecule has 1 aliphatic rings. The Morgan fingerprint density at radius 1 is 1.09 bits per heavy atom. The number of allylic oxidation sites excluding steroid dienone is 2. The van der Waals surface area contributed by atoms with Crippen LogP contribution >= 0.6 is 31.9 Å². The van der Waals surface area contributed by atoms with Crippen LogP contribution in [0.1, 0.15) is 12.5 Å². The van der Waals surface area contributed by atoms with E-state index in [1.807, 2.05) is 6.92 Å². The smallest absolute Gasteiger partial charge is 0.293 e. The molecule has 0 amide bonds. The van der Waals surface area contributed by atoms with Crippen LogP contribution in [0.3, 0.4) is 0 Å². The van der Waals surface area contributed by atoms with E-state index in [4.69, 9.17) is 4.28 Å². The van der Waals surface area contributed by atoms with Crippen LogP contribution in [0.25, 0.3) is 0 Å². The summed E-state index contributed by atoms with van der Waals surface area (Å²) in [6, 6.07) is 6.26. The maximum absolute atomic E-state index is 12.1. The first-order valence-electron chi connectivity index (χ1n) is 6.31. The van der Waals surface area contributed by atoms with Crippen LogP contribution in [0.5, 0.6) is 0 Å². The highest BCUT2D eigenvalue weighted by atomic mass is 79.9. The molecule has 2 rings (SSSR count). The van der Waals surface area contributed by atoms with Gasteiger partial charge in [0.05, 0.1) is 15.4 Å². The van der Waals surface area contributed by atoms with Crippen molar-refractivity contribution in [3.05, 3.63) is 41.5 Å². The molecule has 0 N–H and O–H groups in total. The number of alkyl halides is 2. The number of Topliss-reactive ketones (excluding diaryl/α,β-unsaturated/α-hetero) is 1. The van der Waals surface area contributed by atoms with Crippen molar-refractivity contribution >= 4 is 53.5 Å². The molecule has 0 saturated heterocycles. The summed E-state index contributed by atoms with van der Waals surface area (Å²) in [7, 11) is -3.99. The molecule has 0 bridgehead atoms. The van der Waals surface area contributed by atoms with Crippen LogP contribution in [0.15, 0.2) is 46.0 Å². The van der Waals surface area contributed by atoms with Gasteiger partial charge >= 0.3 is 10.1 Å². The first-order valence-corrected chi connectivity index (χ1v) is 9.55. The first kappa shape index (κ1) is 17.4. The molecule has 0 aliphatic heterocycles. The van der Waals surface area contributed by atoms with Crippen molar-refractivity contribution < 1.29 is 17.5 Å². The summed E-state index contributed by atoms with van der Waals surface area (Å²) in [5.41, 5.74) is 1.75. The second kappa shape index (κ2) is 6.64. The summed E-state index contributed by atoms with van der Waals surface area (Å²) < 4.78 is 28.9. The largest absolute Gasteiger partial charge is 0.358 e. The molecule has 118 valence electrons. The molecule has 0 heterocycles. The summed E-state index contributed by atoms with van der Waals surface area (Å²) in [6.45, 7) is 3.50.